The molecule has 0 spiro atoms. The van der Waals surface area contributed by atoms with Gasteiger partial charge in [-0.25, -0.2) is 0 Å². The van der Waals surface area contributed by atoms with Crippen LogP contribution >= 0.6 is 0 Å². The molecule has 0 saturated heterocycles. The van der Waals surface area contributed by atoms with E-state index in [2.05, 4.69) is 10.6 Å². The third kappa shape index (κ3) is 8.51. The lowest BCUT2D eigenvalue weighted by atomic mass is 10.2. The van der Waals surface area contributed by atoms with Gasteiger partial charge in [0.2, 0.25) is 11.8 Å². The Bertz CT molecular complexity index is 307. The molecule has 0 aliphatic heterocycles. The van der Waals surface area contributed by atoms with E-state index in [1.807, 2.05) is 0 Å². The van der Waals surface area contributed by atoms with Crippen molar-refractivity contribution in [1.29, 1.82) is 0 Å². The van der Waals surface area contributed by atoms with Crippen LogP contribution in [-0.4, -0.2) is 61.0 Å². The summed E-state index contributed by atoms with van der Waals surface area (Å²) in [5.74, 6) is -1.73. The highest BCUT2D eigenvalue weighted by Crippen LogP contribution is 1.97. The Labute approximate surface area is 107 Å². The largest absolute Gasteiger partial charge is 0.481 e. The number of likely N-dealkylation sites (N-methyl/N-ethyl adjacent to an activating group) is 1. The second-order valence-corrected chi connectivity index (χ2v) is 4.27. The van der Waals surface area contributed by atoms with Gasteiger partial charge in [-0.05, 0) is 7.05 Å². The van der Waals surface area contributed by atoms with Crippen LogP contribution in [0.5, 0.6) is 0 Å². The van der Waals surface area contributed by atoms with Crippen molar-refractivity contribution in [1.82, 2.24) is 15.5 Å². The fourth-order valence-corrected chi connectivity index (χ4v) is 1.35. The zero-order valence-electron chi connectivity index (χ0n) is 11.0. The molecule has 0 aromatic carbocycles. The van der Waals surface area contributed by atoms with Crippen LogP contribution in [0.3, 0.4) is 0 Å². The molecule has 0 heterocycles. The van der Waals surface area contributed by atoms with Gasteiger partial charge in [0.25, 0.3) is 0 Å². The summed E-state index contributed by atoms with van der Waals surface area (Å²) in [5.41, 5.74) is 0. The molecule has 18 heavy (non-hydrogen) atoms. The number of carbonyl (C=O) groups is 3. The van der Waals surface area contributed by atoms with Crippen molar-refractivity contribution in [3.63, 3.8) is 0 Å². The summed E-state index contributed by atoms with van der Waals surface area (Å²) in [6, 6.07) is 0. The molecule has 0 bridgehead atoms. The van der Waals surface area contributed by atoms with E-state index in [1.165, 1.54) is 6.92 Å². The number of rotatable bonds is 8. The van der Waals surface area contributed by atoms with Crippen molar-refractivity contribution in [3.05, 3.63) is 0 Å². The highest BCUT2D eigenvalue weighted by molar-refractivity contribution is 5.78. The van der Waals surface area contributed by atoms with Crippen LogP contribution in [0.25, 0.3) is 0 Å². The van der Waals surface area contributed by atoms with Crippen molar-refractivity contribution in [2.45, 2.75) is 13.8 Å². The lowest BCUT2D eigenvalue weighted by Crippen LogP contribution is -2.40. The van der Waals surface area contributed by atoms with Crippen LogP contribution < -0.4 is 10.6 Å². The van der Waals surface area contributed by atoms with Crippen molar-refractivity contribution < 1.29 is 19.5 Å². The smallest absolute Gasteiger partial charge is 0.307 e. The summed E-state index contributed by atoms with van der Waals surface area (Å²) in [6.07, 6.45) is 0. The Hall–Kier alpha value is -1.63. The quantitative estimate of drug-likeness (QED) is 0.480. The lowest BCUT2D eigenvalue weighted by Gasteiger charge is -2.18. The van der Waals surface area contributed by atoms with E-state index in [9.17, 15) is 14.4 Å². The lowest BCUT2D eigenvalue weighted by molar-refractivity contribution is -0.142. The fourth-order valence-electron chi connectivity index (χ4n) is 1.35. The molecule has 0 aliphatic rings. The molecule has 0 aliphatic carbocycles. The fraction of sp³-hybridized carbons (Fsp3) is 0.727. The number of aliphatic carboxylic acids is 1. The SMILES string of the molecule is CC(=O)NCCNC(=O)CN(C)CC(C)C(=O)O. The summed E-state index contributed by atoms with van der Waals surface area (Å²) in [6.45, 7) is 4.19. The monoisotopic (exact) mass is 259 g/mol. The van der Waals surface area contributed by atoms with E-state index >= 15 is 0 Å². The minimum Gasteiger partial charge on any atom is -0.481 e. The van der Waals surface area contributed by atoms with E-state index in [0.717, 1.165) is 0 Å². The minimum absolute atomic E-state index is 0.137. The average molecular weight is 259 g/mol. The van der Waals surface area contributed by atoms with E-state index in [-0.39, 0.29) is 18.4 Å². The van der Waals surface area contributed by atoms with Gasteiger partial charge >= 0.3 is 5.97 Å². The molecule has 1 unspecified atom stereocenters. The second-order valence-electron chi connectivity index (χ2n) is 4.27. The predicted molar refractivity (Wildman–Crippen MR) is 66.0 cm³/mol. The maximum atomic E-state index is 11.4. The van der Waals surface area contributed by atoms with Crippen LogP contribution in [0.2, 0.25) is 0 Å². The van der Waals surface area contributed by atoms with Gasteiger partial charge < -0.3 is 15.7 Å². The summed E-state index contributed by atoms with van der Waals surface area (Å²) in [7, 11) is 1.69. The van der Waals surface area contributed by atoms with E-state index in [4.69, 9.17) is 5.11 Å². The summed E-state index contributed by atoms with van der Waals surface area (Å²) in [5, 5.41) is 13.9. The van der Waals surface area contributed by atoms with Gasteiger partial charge in [-0.1, -0.05) is 6.92 Å². The predicted octanol–water partition coefficient (Wildman–Crippen LogP) is -1.11. The molecule has 7 heteroatoms. The van der Waals surface area contributed by atoms with Gasteiger partial charge in [0, 0.05) is 26.6 Å². The van der Waals surface area contributed by atoms with Gasteiger partial charge in [-0.2, -0.15) is 0 Å². The van der Waals surface area contributed by atoms with Crippen LogP contribution in [0, 0.1) is 5.92 Å². The molecule has 3 N–H and O–H groups in total. The summed E-state index contributed by atoms with van der Waals surface area (Å²) in [4.78, 5) is 34.3. The van der Waals surface area contributed by atoms with Crippen LogP contribution in [0.1, 0.15) is 13.8 Å². The Kier molecular flexibility index (Phi) is 7.69. The Morgan fingerprint density at radius 1 is 1.22 bits per heavy atom. The zero-order valence-corrected chi connectivity index (χ0v) is 11.0. The van der Waals surface area contributed by atoms with Crippen molar-refractivity contribution in [2.24, 2.45) is 5.92 Å². The summed E-state index contributed by atoms with van der Waals surface area (Å²) >= 11 is 0. The second kappa shape index (κ2) is 8.46. The van der Waals surface area contributed by atoms with Crippen molar-refractivity contribution in [2.75, 3.05) is 33.2 Å². The first-order valence-corrected chi connectivity index (χ1v) is 5.75. The molecule has 1 atom stereocenters. The first-order chi connectivity index (χ1) is 8.32. The first kappa shape index (κ1) is 16.4. The van der Waals surface area contributed by atoms with Gasteiger partial charge in [-0.3, -0.25) is 19.3 Å². The maximum absolute atomic E-state index is 11.4. The zero-order chi connectivity index (χ0) is 14.1. The number of nitrogens with one attached hydrogen (secondary N) is 2. The molecule has 0 aromatic rings. The number of hydrogen-bond acceptors (Lipinski definition) is 4. The normalized spacial score (nSPS) is 12.0. The molecule has 7 nitrogen and oxygen atoms in total. The molecule has 104 valence electrons. The van der Waals surface area contributed by atoms with Gasteiger partial charge in [0.05, 0.1) is 12.5 Å². The maximum Gasteiger partial charge on any atom is 0.307 e. The van der Waals surface area contributed by atoms with Crippen LogP contribution in [0.4, 0.5) is 0 Å². The average Bonchev–Trinajstić information content (AvgIpc) is 2.23. The highest BCUT2D eigenvalue weighted by atomic mass is 16.4. The number of carbonyl (C=O) groups excluding carboxylic acids is 2. The molecular weight excluding hydrogens is 238 g/mol. The molecule has 0 radical (unpaired) electrons. The molecule has 0 aromatic heterocycles. The first-order valence-electron chi connectivity index (χ1n) is 5.75. The highest BCUT2D eigenvalue weighted by Gasteiger charge is 2.15. The molecule has 2 amide bonds. The molecular formula is C11H21N3O4. The van der Waals surface area contributed by atoms with Crippen molar-refractivity contribution in [3.8, 4) is 0 Å². The number of amides is 2. The topological polar surface area (TPSA) is 98.7 Å². The summed E-state index contributed by atoms with van der Waals surface area (Å²) < 4.78 is 0. The molecule has 0 fully saturated rings. The Morgan fingerprint density at radius 3 is 2.28 bits per heavy atom. The number of nitrogens with zero attached hydrogens (tertiary/aromatic N) is 1. The number of hydrogen-bond donors (Lipinski definition) is 3. The third-order valence-corrected chi connectivity index (χ3v) is 2.24. The Balaban J connectivity index is 3.73. The van der Waals surface area contributed by atoms with E-state index < -0.39 is 11.9 Å². The van der Waals surface area contributed by atoms with Crippen LogP contribution in [-0.2, 0) is 14.4 Å². The van der Waals surface area contributed by atoms with Crippen molar-refractivity contribution >= 4 is 17.8 Å². The van der Waals surface area contributed by atoms with Gasteiger partial charge in [0.1, 0.15) is 0 Å². The number of carboxylic acids is 1. The van der Waals surface area contributed by atoms with E-state index in [1.54, 1.807) is 18.9 Å². The van der Waals surface area contributed by atoms with Gasteiger partial charge in [0.15, 0.2) is 0 Å². The molecule has 0 rings (SSSR count). The molecule has 0 saturated carbocycles. The third-order valence-electron chi connectivity index (χ3n) is 2.24. The number of carboxylic acid groups (broad SMARTS) is 1. The van der Waals surface area contributed by atoms with Crippen LogP contribution in [0.15, 0.2) is 0 Å². The van der Waals surface area contributed by atoms with Gasteiger partial charge in [-0.15, -0.1) is 0 Å². The standard InChI is InChI=1S/C11H21N3O4/c1-8(11(17)18)6-14(3)7-10(16)13-5-4-12-9(2)15/h8H,4-7H2,1-3H3,(H,12,15)(H,13,16)(H,17,18). The Morgan fingerprint density at radius 2 is 1.78 bits per heavy atom. The minimum atomic E-state index is -0.882. The van der Waals surface area contributed by atoms with E-state index in [0.29, 0.717) is 19.6 Å².